The number of urea groups is 1. The van der Waals surface area contributed by atoms with Crippen LogP contribution in [0.25, 0.3) is 11.1 Å². The molecule has 1 aromatic heterocycles. The standard InChI is InChI=1S/C15H16BrN3O4/c1-8-17-11-5-10(16)6-12(13(11)23-8)18-15(22)19-4-2-3-9(7-19)14(20)21/h5-6,9H,2-4,7H2,1H3,(H,18,22)(H,20,21). The van der Waals surface area contributed by atoms with Crippen molar-refractivity contribution in [2.24, 2.45) is 5.92 Å². The van der Waals surface area contributed by atoms with Crippen LogP contribution in [0.15, 0.2) is 21.0 Å². The van der Waals surface area contributed by atoms with Crippen molar-refractivity contribution in [3.63, 3.8) is 0 Å². The smallest absolute Gasteiger partial charge is 0.321 e. The van der Waals surface area contributed by atoms with Crippen molar-refractivity contribution in [2.45, 2.75) is 19.8 Å². The predicted molar refractivity (Wildman–Crippen MR) is 87.4 cm³/mol. The Morgan fingerprint density at radius 2 is 2.26 bits per heavy atom. The summed E-state index contributed by atoms with van der Waals surface area (Å²) in [5.41, 5.74) is 1.66. The fourth-order valence-electron chi connectivity index (χ4n) is 2.76. The Balaban J connectivity index is 1.81. The Morgan fingerprint density at radius 3 is 3.00 bits per heavy atom. The molecule has 2 heterocycles. The van der Waals surface area contributed by atoms with Gasteiger partial charge in [0.1, 0.15) is 5.52 Å². The lowest BCUT2D eigenvalue weighted by Crippen LogP contribution is -2.44. The highest BCUT2D eigenvalue weighted by molar-refractivity contribution is 9.10. The van der Waals surface area contributed by atoms with Crippen molar-refractivity contribution in [2.75, 3.05) is 18.4 Å². The van der Waals surface area contributed by atoms with Crippen LogP contribution in [0.2, 0.25) is 0 Å². The van der Waals surface area contributed by atoms with Crippen LogP contribution >= 0.6 is 15.9 Å². The number of halogens is 1. The zero-order valence-corrected chi connectivity index (χ0v) is 14.1. The third-order valence-electron chi connectivity index (χ3n) is 3.86. The molecule has 2 aromatic rings. The summed E-state index contributed by atoms with van der Waals surface area (Å²) >= 11 is 3.38. The fraction of sp³-hybridized carbons (Fsp3) is 0.400. The average molecular weight is 382 g/mol. The van der Waals surface area contributed by atoms with E-state index >= 15 is 0 Å². The van der Waals surface area contributed by atoms with Gasteiger partial charge in [-0.05, 0) is 25.0 Å². The lowest BCUT2D eigenvalue weighted by molar-refractivity contribution is -0.143. The van der Waals surface area contributed by atoms with Gasteiger partial charge in [-0.3, -0.25) is 4.79 Å². The van der Waals surface area contributed by atoms with E-state index in [-0.39, 0.29) is 12.6 Å². The van der Waals surface area contributed by atoms with Crippen LogP contribution in [0, 0.1) is 12.8 Å². The van der Waals surface area contributed by atoms with E-state index in [1.165, 1.54) is 4.90 Å². The molecule has 122 valence electrons. The Labute approximate surface area is 140 Å². The SMILES string of the molecule is Cc1nc2cc(Br)cc(NC(=O)N3CCCC(C(=O)O)C3)c2o1. The molecule has 1 aliphatic rings. The molecule has 0 spiro atoms. The number of carbonyl (C=O) groups is 2. The van der Waals surface area contributed by atoms with Crippen LogP contribution in [0.3, 0.4) is 0 Å². The first-order chi connectivity index (χ1) is 10.9. The maximum absolute atomic E-state index is 12.4. The third kappa shape index (κ3) is 3.31. The number of carboxylic acid groups (broad SMARTS) is 1. The van der Waals surface area contributed by atoms with Gasteiger partial charge in [-0.25, -0.2) is 9.78 Å². The molecule has 1 atom stereocenters. The lowest BCUT2D eigenvalue weighted by Gasteiger charge is -2.30. The molecule has 1 fully saturated rings. The third-order valence-corrected chi connectivity index (χ3v) is 4.32. The molecule has 7 nitrogen and oxygen atoms in total. The molecule has 2 amide bonds. The molecule has 3 rings (SSSR count). The molecule has 0 saturated carbocycles. The van der Waals surface area contributed by atoms with Crippen molar-refractivity contribution >= 4 is 44.7 Å². The van der Waals surface area contributed by atoms with Crippen LogP contribution in [0.4, 0.5) is 10.5 Å². The number of benzene rings is 1. The Morgan fingerprint density at radius 1 is 1.48 bits per heavy atom. The number of hydrogen-bond acceptors (Lipinski definition) is 4. The van der Waals surface area contributed by atoms with Gasteiger partial charge in [0.2, 0.25) is 0 Å². The molecule has 8 heteroatoms. The number of fused-ring (bicyclic) bond motifs is 1. The highest BCUT2D eigenvalue weighted by atomic mass is 79.9. The molecule has 0 bridgehead atoms. The van der Waals surface area contributed by atoms with E-state index in [2.05, 4.69) is 26.2 Å². The second-order valence-corrected chi connectivity index (χ2v) is 6.50. The number of nitrogens with one attached hydrogen (secondary N) is 1. The molecule has 0 aliphatic carbocycles. The highest BCUT2D eigenvalue weighted by Crippen LogP contribution is 2.29. The molecule has 0 radical (unpaired) electrons. The maximum atomic E-state index is 12.4. The van der Waals surface area contributed by atoms with E-state index in [1.54, 1.807) is 13.0 Å². The van der Waals surface area contributed by atoms with Gasteiger partial charge < -0.3 is 19.7 Å². The number of piperidine rings is 1. The van der Waals surface area contributed by atoms with Crippen molar-refractivity contribution in [1.29, 1.82) is 0 Å². The number of oxazole rings is 1. The number of hydrogen-bond donors (Lipinski definition) is 2. The molecule has 1 aliphatic heterocycles. The van der Waals surface area contributed by atoms with Crippen molar-refractivity contribution in [3.05, 3.63) is 22.5 Å². The van der Waals surface area contributed by atoms with Crippen molar-refractivity contribution < 1.29 is 19.1 Å². The zero-order valence-electron chi connectivity index (χ0n) is 12.5. The summed E-state index contributed by atoms with van der Waals surface area (Å²) in [4.78, 5) is 29.3. The Kier molecular flexibility index (Phi) is 4.25. The van der Waals surface area contributed by atoms with Gasteiger partial charge in [0.15, 0.2) is 11.5 Å². The van der Waals surface area contributed by atoms with Crippen LogP contribution in [0.5, 0.6) is 0 Å². The summed E-state index contributed by atoms with van der Waals surface area (Å²) in [6.45, 7) is 2.50. The summed E-state index contributed by atoms with van der Waals surface area (Å²) in [7, 11) is 0. The fourth-order valence-corrected chi connectivity index (χ4v) is 3.21. The largest absolute Gasteiger partial charge is 0.481 e. The quantitative estimate of drug-likeness (QED) is 0.832. The van der Waals surface area contributed by atoms with Crippen LogP contribution in [-0.2, 0) is 4.79 Å². The monoisotopic (exact) mass is 381 g/mol. The molecule has 2 N–H and O–H groups in total. The van der Waals surface area contributed by atoms with Crippen molar-refractivity contribution in [1.82, 2.24) is 9.88 Å². The predicted octanol–water partition coefficient (Wildman–Crippen LogP) is 3.23. The Bertz CT molecular complexity index is 773. The first-order valence-corrected chi connectivity index (χ1v) is 8.09. The second-order valence-electron chi connectivity index (χ2n) is 5.59. The number of nitrogens with zero attached hydrogens (tertiary/aromatic N) is 2. The van der Waals surface area contributed by atoms with E-state index in [4.69, 9.17) is 9.52 Å². The summed E-state index contributed by atoms with van der Waals surface area (Å²) in [5.74, 6) is -0.861. The number of aliphatic carboxylic acids is 1. The molecule has 23 heavy (non-hydrogen) atoms. The summed E-state index contributed by atoms with van der Waals surface area (Å²) in [6, 6.07) is 3.22. The van der Waals surface area contributed by atoms with E-state index in [0.29, 0.717) is 42.1 Å². The zero-order chi connectivity index (χ0) is 16.6. The van der Waals surface area contributed by atoms with Crippen LogP contribution in [0.1, 0.15) is 18.7 Å². The molecule has 1 saturated heterocycles. The van der Waals surface area contributed by atoms with E-state index in [1.807, 2.05) is 6.07 Å². The minimum atomic E-state index is -0.863. The molecule has 1 unspecified atom stereocenters. The number of carbonyl (C=O) groups excluding carboxylic acids is 1. The minimum absolute atomic E-state index is 0.216. The number of carboxylic acids is 1. The average Bonchev–Trinajstić information content (AvgIpc) is 2.87. The number of likely N-dealkylation sites (tertiary alicyclic amines) is 1. The number of rotatable bonds is 2. The van der Waals surface area contributed by atoms with Gasteiger partial charge >= 0.3 is 12.0 Å². The van der Waals surface area contributed by atoms with Gasteiger partial charge in [-0.15, -0.1) is 0 Å². The number of amides is 2. The highest BCUT2D eigenvalue weighted by Gasteiger charge is 2.28. The van der Waals surface area contributed by atoms with E-state index in [0.717, 1.165) is 4.47 Å². The number of anilines is 1. The molecule has 1 aromatic carbocycles. The first kappa shape index (κ1) is 15.8. The van der Waals surface area contributed by atoms with Gasteiger partial charge in [0.05, 0.1) is 11.6 Å². The first-order valence-electron chi connectivity index (χ1n) is 7.29. The summed E-state index contributed by atoms with van der Waals surface area (Å²) < 4.78 is 6.32. The van der Waals surface area contributed by atoms with E-state index in [9.17, 15) is 9.59 Å². The number of aromatic nitrogens is 1. The van der Waals surface area contributed by atoms with E-state index < -0.39 is 11.9 Å². The van der Waals surface area contributed by atoms with Gasteiger partial charge in [-0.2, -0.15) is 0 Å². The summed E-state index contributed by atoms with van der Waals surface area (Å²) in [6.07, 6.45) is 1.28. The topological polar surface area (TPSA) is 95.7 Å². The van der Waals surface area contributed by atoms with Gasteiger partial charge in [-0.1, -0.05) is 15.9 Å². The van der Waals surface area contributed by atoms with Gasteiger partial charge in [0, 0.05) is 24.5 Å². The number of aryl methyl sites for hydroxylation is 1. The Hall–Kier alpha value is -2.09. The summed E-state index contributed by atoms with van der Waals surface area (Å²) in [5, 5.41) is 11.9. The lowest BCUT2D eigenvalue weighted by atomic mass is 9.99. The van der Waals surface area contributed by atoms with Crippen LogP contribution < -0.4 is 5.32 Å². The van der Waals surface area contributed by atoms with Crippen LogP contribution in [-0.4, -0.2) is 40.1 Å². The normalized spacial score (nSPS) is 18.2. The van der Waals surface area contributed by atoms with Gasteiger partial charge in [0.25, 0.3) is 0 Å². The van der Waals surface area contributed by atoms with Crippen molar-refractivity contribution in [3.8, 4) is 0 Å². The molecular formula is C15H16BrN3O4. The second kappa shape index (κ2) is 6.19. The molecular weight excluding hydrogens is 366 g/mol. The maximum Gasteiger partial charge on any atom is 0.321 e. The minimum Gasteiger partial charge on any atom is -0.481 e.